The minimum atomic E-state index is -0.261. The van der Waals surface area contributed by atoms with E-state index in [-0.39, 0.29) is 5.91 Å². The van der Waals surface area contributed by atoms with E-state index in [4.69, 9.17) is 0 Å². The highest BCUT2D eigenvalue weighted by atomic mass is 16.1. The van der Waals surface area contributed by atoms with Crippen molar-refractivity contribution in [3.05, 3.63) is 47.5 Å². The molecule has 0 aromatic carbocycles. The van der Waals surface area contributed by atoms with Crippen molar-refractivity contribution in [2.75, 3.05) is 5.32 Å². The molecule has 0 aliphatic heterocycles. The lowest BCUT2D eigenvalue weighted by Gasteiger charge is -2.04. The van der Waals surface area contributed by atoms with Crippen molar-refractivity contribution in [1.29, 1.82) is 0 Å². The lowest BCUT2D eigenvalue weighted by Crippen LogP contribution is -2.15. The van der Waals surface area contributed by atoms with Crippen LogP contribution in [0.3, 0.4) is 0 Å². The molecular formula is C12H12N4O. The zero-order valence-electron chi connectivity index (χ0n) is 9.64. The second-order valence-electron chi connectivity index (χ2n) is 3.67. The maximum Gasteiger partial charge on any atom is 0.259 e. The Morgan fingerprint density at radius 3 is 2.53 bits per heavy atom. The molecule has 0 saturated heterocycles. The second-order valence-corrected chi connectivity index (χ2v) is 3.67. The van der Waals surface area contributed by atoms with Crippen LogP contribution in [0.4, 0.5) is 5.95 Å². The minimum absolute atomic E-state index is 0.261. The van der Waals surface area contributed by atoms with Gasteiger partial charge in [0, 0.05) is 23.8 Å². The predicted molar refractivity (Wildman–Crippen MR) is 63.7 cm³/mol. The first kappa shape index (κ1) is 11.2. The van der Waals surface area contributed by atoms with Gasteiger partial charge in [-0.2, -0.15) is 0 Å². The van der Waals surface area contributed by atoms with Crippen LogP contribution < -0.4 is 5.32 Å². The van der Waals surface area contributed by atoms with Crippen LogP contribution in [-0.2, 0) is 0 Å². The van der Waals surface area contributed by atoms with E-state index >= 15 is 0 Å². The summed E-state index contributed by atoms with van der Waals surface area (Å²) in [5.74, 6) is 0.0550. The van der Waals surface area contributed by atoms with Gasteiger partial charge in [-0.05, 0) is 32.0 Å². The van der Waals surface area contributed by atoms with Crippen molar-refractivity contribution >= 4 is 11.9 Å². The van der Waals surface area contributed by atoms with E-state index in [2.05, 4.69) is 20.3 Å². The van der Waals surface area contributed by atoms with Crippen molar-refractivity contribution in [3.8, 4) is 0 Å². The molecule has 0 atom stereocenters. The Morgan fingerprint density at radius 2 is 1.94 bits per heavy atom. The fourth-order valence-corrected chi connectivity index (χ4v) is 1.45. The monoisotopic (exact) mass is 228 g/mol. The molecule has 2 rings (SSSR count). The molecule has 0 aliphatic rings. The van der Waals surface area contributed by atoms with Gasteiger partial charge in [0.1, 0.15) is 0 Å². The van der Waals surface area contributed by atoms with Gasteiger partial charge in [-0.3, -0.25) is 15.1 Å². The Morgan fingerprint density at radius 1 is 1.24 bits per heavy atom. The maximum atomic E-state index is 11.8. The highest BCUT2D eigenvalue weighted by Gasteiger charge is 2.07. The van der Waals surface area contributed by atoms with E-state index in [0.29, 0.717) is 11.5 Å². The first-order valence-corrected chi connectivity index (χ1v) is 5.19. The van der Waals surface area contributed by atoms with Crippen molar-refractivity contribution in [2.24, 2.45) is 0 Å². The molecule has 17 heavy (non-hydrogen) atoms. The largest absolute Gasteiger partial charge is 0.290 e. The number of hydrogen-bond donors (Lipinski definition) is 1. The third kappa shape index (κ3) is 2.84. The molecular weight excluding hydrogens is 216 g/mol. The van der Waals surface area contributed by atoms with Crippen molar-refractivity contribution in [1.82, 2.24) is 15.0 Å². The Labute approximate surface area is 99.0 Å². The third-order valence-corrected chi connectivity index (χ3v) is 2.13. The van der Waals surface area contributed by atoms with Gasteiger partial charge in [-0.25, -0.2) is 9.97 Å². The van der Waals surface area contributed by atoms with E-state index in [1.807, 2.05) is 19.9 Å². The lowest BCUT2D eigenvalue weighted by atomic mass is 10.3. The molecule has 2 aromatic rings. The van der Waals surface area contributed by atoms with E-state index in [0.717, 1.165) is 11.4 Å². The van der Waals surface area contributed by atoms with Gasteiger partial charge >= 0.3 is 0 Å². The fourth-order valence-electron chi connectivity index (χ4n) is 1.45. The van der Waals surface area contributed by atoms with E-state index < -0.39 is 0 Å². The second kappa shape index (κ2) is 4.69. The van der Waals surface area contributed by atoms with E-state index in [1.165, 1.54) is 6.20 Å². The minimum Gasteiger partial charge on any atom is -0.290 e. The van der Waals surface area contributed by atoms with Crippen LogP contribution in [0.5, 0.6) is 0 Å². The number of carbonyl (C=O) groups is 1. The molecule has 2 aromatic heterocycles. The highest BCUT2D eigenvalue weighted by Crippen LogP contribution is 2.06. The lowest BCUT2D eigenvalue weighted by molar-refractivity contribution is 0.102. The van der Waals surface area contributed by atoms with Crippen LogP contribution >= 0.6 is 0 Å². The van der Waals surface area contributed by atoms with Crippen LogP contribution in [0.25, 0.3) is 0 Å². The summed E-state index contributed by atoms with van der Waals surface area (Å²) in [4.78, 5) is 24.0. The average molecular weight is 228 g/mol. The molecule has 86 valence electrons. The number of anilines is 1. The quantitative estimate of drug-likeness (QED) is 0.850. The number of nitrogens with one attached hydrogen (secondary N) is 1. The number of carbonyl (C=O) groups excluding carboxylic acids is 1. The van der Waals surface area contributed by atoms with Crippen LogP contribution in [0.2, 0.25) is 0 Å². The Kier molecular flexibility index (Phi) is 3.09. The van der Waals surface area contributed by atoms with Crippen molar-refractivity contribution < 1.29 is 4.79 Å². The van der Waals surface area contributed by atoms with Crippen molar-refractivity contribution in [2.45, 2.75) is 13.8 Å². The number of amides is 1. The normalized spacial score (nSPS) is 10.0. The van der Waals surface area contributed by atoms with Gasteiger partial charge in [-0.15, -0.1) is 0 Å². The highest BCUT2D eigenvalue weighted by molar-refractivity contribution is 6.03. The van der Waals surface area contributed by atoms with Gasteiger partial charge in [0.15, 0.2) is 0 Å². The van der Waals surface area contributed by atoms with Crippen LogP contribution in [0.1, 0.15) is 21.7 Å². The molecule has 0 aliphatic carbocycles. The molecule has 0 spiro atoms. The first-order chi connectivity index (χ1) is 8.15. The molecule has 0 saturated carbocycles. The molecule has 5 heteroatoms. The summed E-state index contributed by atoms with van der Waals surface area (Å²) >= 11 is 0. The Hall–Kier alpha value is -2.30. The zero-order valence-corrected chi connectivity index (χ0v) is 9.64. The van der Waals surface area contributed by atoms with E-state index in [1.54, 1.807) is 18.3 Å². The SMILES string of the molecule is Cc1cc(C)nc(NC(=O)c2cccnc2)n1. The van der Waals surface area contributed by atoms with Crippen LogP contribution in [0.15, 0.2) is 30.6 Å². The number of nitrogens with zero attached hydrogens (tertiary/aromatic N) is 3. The Balaban J connectivity index is 2.19. The third-order valence-electron chi connectivity index (χ3n) is 2.13. The smallest absolute Gasteiger partial charge is 0.259 e. The number of pyridine rings is 1. The maximum absolute atomic E-state index is 11.8. The zero-order chi connectivity index (χ0) is 12.3. The molecule has 0 fully saturated rings. The van der Waals surface area contributed by atoms with Gasteiger partial charge in [0.25, 0.3) is 5.91 Å². The summed E-state index contributed by atoms with van der Waals surface area (Å²) < 4.78 is 0. The number of rotatable bonds is 2. The summed E-state index contributed by atoms with van der Waals surface area (Å²) in [5, 5.41) is 2.64. The number of hydrogen-bond acceptors (Lipinski definition) is 4. The average Bonchev–Trinajstić information content (AvgIpc) is 2.28. The number of aryl methyl sites for hydroxylation is 2. The molecule has 1 amide bonds. The molecule has 5 nitrogen and oxygen atoms in total. The summed E-state index contributed by atoms with van der Waals surface area (Å²) in [6.45, 7) is 3.71. The van der Waals surface area contributed by atoms with Gasteiger partial charge in [0.05, 0.1) is 5.56 Å². The molecule has 0 radical (unpaired) electrons. The topological polar surface area (TPSA) is 67.8 Å². The molecule has 1 N–H and O–H groups in total. The van der Waals surface area contributed by atoms with Gasteiger partial charge in [-0.1, -0.05) is 0 Å². The van der Waals surface area contributed by atoms with Crippen LogP contribution in [0, 0.1) is 13.8 Å². The fraction of sp³-hybridized carbons (Fsp3) is 0.167. The summed E-state index contributed by atoms with van der Waals surface area (Å²) in [7, 11) is 0. The molecule has 0 unspecified atom stereocenters. The van der Waals surface area contributed by atoms with E-state index in [9.17, 15) is 4.79 Å². The summed E-state index contributed by atoms with van der Waals surface area (Å²) in [6.07, 6.45) is 3.11. The number of aromatic nitrogens is 3. The standard InChI is InChI=1S/C12H12N4O/c1-8-6-9(2)15-12(14-8)16-11(17)10-4-3-5-13-7-10/h3-7H,1-2H3,(H,14,15,16,17). The van der Waals surface area contributed by atoms with Gasteiger partial charge < -0.3 is 0 Å². The summed E-state index contributed by atoms with van der Waals surface area (Å²) in [6, 6.07) is 5.24. The van der Waals surface area contributed by atoms with Crippen molar-refractivity contribution in [3.63, 3.8) is 0 Å². The molecule has 2 heterocycles. The molecule has 0 bridgehead atoms. The summed E-state index contributed by atoms with van der Waals surface area (Å²) in [5.41, 5.74) is 2.12. The predicted octanol–water partition coefficient (Wildman–Crippen LogP) is 1.74. The Bertz CT molecular complexity index is 519. The van der Waals surface area contributed by atoms with Gasteiger partial charge in [0.2, 0.25) is 5.95 Å². The van der Waals surface area contributed by atoms with Crippen LogP contribution in [-0.4, -0.2) is 20.9 Å². The first-order valence-electron chi connectivity index (χ1n) is 5.19.